The number of imidazole rings is 1. The van der Waals surface area contributed by atoms with Gasteiger partial charge in [-0.15, -0.1) is 0 Å². The maximum absolute atomic E-state index is 10.7. The molecule has 1 aliphatic rings. The van der Waals surface area contributed by atoms with Gasteiger partial charge in [0.2, 0.25) is 0 Å². The molecule has 3 rings (SSSR count). The van der Waals surface area contributed by atoms with E-state index in [1.54, 1.807) is 0 Å². The van der Waals surface area contributed by atoms with Gasteiger partial charge in [-0.05, 0) is 18.1 Å². The molecule has 0 atom stereocenters. The van der Waals surface area contributed by atoms with Crippen molar-refractivity contribution >= 4 is 17.3 Å². The van der Waals surface area contributed by atoms with E-state index in [0.717, 1.165) is 30.3 Å². The first kappa shape index (κ1) is 6.83. The lowest BCUT2D eigenvalue weighted by molar-refractivity contribution is 0.111. The van der Waals surface area contributed by atoms with Gasteiger partial charge in [0.05, 0.1) is 11.0 Å². The number of aromatic nitrogens is 2. The third-order valence-corrected chi connectivity index (χ3v) is 2.59. The lowest BCUT2D eigenvalue weighted by Crippen LogP contribution is -1.98. The third-order valence-electron chi connectivity index (χ3n) is 2.59. The van der Waals surface area contributed by atoms with Gasteiger partial charge < -0.3 is 4.57 Å². The highest BCUT2D eigenvalue weighted by atomic mass is 16.1. The number of aryl methyl sites for hydroxylation is 2. The molecule has 64 valence electrons. The van der Waals surface area contributed by atoms with Gasteiger partial charge in [-0.25, -0.2) is 4.98 Å². The van der Waals surface area contributed by atoms with E-state index in [1.165, 1.54) is 5.56 Å². The SMILES string of the molecule is O=Cc1nc2cccc3c2n1CC3. The zero-order chi connectivity index (χ0) is 8.84. The Morgan fingerprint density at radius 2 is 2.38 bits per heavy atom. The Morgan fingerprint density at radius 3 is 3.23 bits per heavy atom. The number of aldehydes is 1. The highest BCUT2D eigenvalue weighted by molar-refractivity contribution is 5.86. The summed E-state index contributed by atoms with van der Waals surface area (Å²) in [6.45, 7) is 0.893. The number of benzene rings is 1. The molecule has 1 aliphatic heterocycles. The molecular formula is C10H8N2O. The number of carbonyl (C=O) groups is 1. The number of para-hydroxylation sites is 1. The molecule has 0 amide bonds. The van der Waals surface area contributed by atoms with E-state index in [-0.39, 0.29) is 0 Å². The molecule has 2 heterocycles. The zero-order valence-electron chi connectivity index (χ0n) is 7.03. The van der Waals surface area contributed by atoms with Crippen molar-refractivity contribution in [3.05, 3.63) is 29.6 Å². The second-order valence-electron chi connectivity index (χ2n) is 3.27. The lowest BCUT2D eigenvalue weighted by Gasteiger charge is -1.93. The molecule has 0 N–H and O–H groups in total. The van der Waals surface area contributed by atoms with Crippen LogP contribution in [0.25, 0.3) is 11.0 Å². The van der Waals surface area contributed by atoms with Crippen molar-refractivity contribution in [2.45, 2.75) is 13.0 Å². The molecule has 0 saturated heterocycles. The van der Waals surface area contributed by atoms with Crippen LogP contribution in [0.5, 0.6) is 0 Å². The largest absolute Gasteiger partial charge is 0.321 e. The molecule has 3 heteroatoms. The first-order chi connectivity index (χ1) is 6.40. The van der Waals surface area contributed by atoms with Crippen LogP contribution in [-0.2, 0) is 13.0 Å². The van der Waals surface area contributed by atoms with Crippen LogP contribution < -0.4 is 0 Å². The highest BCUT2D eigenvalue weighted by Crippen LogP contribution is 2.26. The molecule has 1 aromatic carbocycles. The van der Waals surface area contributed by atoms with E-state index < -0.39 is 0 Å². The molecule has 0 radical (unpaired) electrons. The summed E-state index contributed by atoms with van der Waals surface area (Å²) in [5.41, 5.74) is 3.39. The molecule has 0 saturated carbocycles. The van der Waals surface area contributed by atoms with E-state index >= 15 is 0 Å². The molecular weight excluding hydrogens is 164 g/mol. The first-order valence-electron chi connectivity index (χ1n) is 4.33. The molecule has 0 bridgehead atoms. The minimum Gasteiger partial charge on any atom is -0.321 e. The number of hydrogen-bond acceptors (Lipinski definition) is 2. The smallest absolute Gasteiger partial charge is 0.185 e. The van der Waals surface area contributed by atoms with Gasteiger partial charge in [0.25, 0.3) is 0 Å². The predicted molar refractivity (Wildman–Crippen MR) is 48.8 cm³/mol. The molecule has 0 spiro atoms. The summed E-state index contributed by atoms with van der Waals surface area (Å²) in [5, 5.41) is 0. The normalized spacial score (nSPS) is 13.8. The van der Waals surface area contributed by atoms with Gasteiger partial charge in [0.1, 0.15) is 0 Å². The van der Waals surface area contributed by atoms with Gasteiger partial charge >= 0.3 is 0 Å². The second-order valence-corrected chi connectivity index (χ2v) is 3.27. The van der Waals surface area contributed by atoms with E-state index in [0.29, 0.717) is 5.82 Å². The van der Waals surface area contributed by atoms with Crippen molar-refractivity contribution in [2.75, 3.05) is 0 Å². The Labute approximate surface area is 75.0 Å². The molecule has 1 aromatic heterocycles. The second kappa shape index (κ2) is 2.19. The fourth-order valence-electron chi connectivity index (χ4n) is 2.03. The Bertz CT molecular complexity index is 499. The fourth-order valence-corrected chi connectivity index (χ4v) is 2.03. The standard InChI is InChI=1S/C10H8N2O/c13-6-9-11-8-3-1-2-7-4-5-12(9)10(7)8/h1-3,6H,4-5H2. The average Bonchev–Trinajstić information content (AvgIpc) is 2.73. The predicted octanol–water partition coefficient (Wildman–Crippen LogP) is 1.40. The Hall–Kier alpha value is -1.64. The summed E-state index contributed by atoms with van der Waals surface area (Å²) in [4.78, 5) is 14.9. The van der Waals surface area contributed by atoms with Crippen LogP contribution in [0.3, 0.4) is 0 Å². The van der Waals surface area contributed by atoms with E-state index in [1.807, 2.05) is 16.7 Å². The summed E-state index contributed by atoms with van der Waals surface area (Å²) in [7, 11) is 0. The van der Waals surface area contributed by atoms with Gasteiger partial charge in [-0.2, -0.15) is 0 Å². The summed E-state index contributed by atoms with van der Waals surface area (Å²) in [5.74, 6) is 0.556. The quantitative estimate of drug-likeness (QED) is 0.609. The van der Waals surface area contributed by atoms with Gasteiger partial charge in [-0.1, -0.05) is 12.1 Å². The number of hydrogen-bond donors (Lipinski definition) is 0. The monoisotopic (exact) mass is 172 g/mol. The average molecular weight is 172 g/mol. The Kier molecular flexibility index (Phi) is 1.15. The molecule has 13 heavy (non-hydrogen) atoms. The Morgan fingerprint density at radius 1 is 1.46 bits per heavy atom. The summed E-state index contributed by atoms with van der Waals surface area (Å²) < 4.78 is 2.00. The van der Waals surface area contributed by atoms with Gasteiger partial charge in [0.15, 0.2) is 12.1 Å². The summed E-state index contributed by atoms with van der Waals surface area (Å²) in [6, 6.07) is 6.05. The van der Waals surface area contributed by atoms with Crippen molar-refractivity contribution < 1.29 is 4.79 Å². The highest BCUT2D eigenvalue weighted by Gasteiger charge is 2.18. The van der Waals surface area contributed by atoms with E-state index in [4.69, 9.17) is 0 Å². The topological polar surface area (TPSA) is 34.9 Å². The van der Waals surface area contributed by atoms with Crippen LogP contribution in [0.1, 0.15) is 16.2 Å². The van der Waals surface area contributed by atoms with Crippen LogP contribution in [0, 0.1) is 0 Å². The van der Waals surface area contributed by atoms with Crippen LogP contribution in [0.2, 0.25) is 0 Å². The minimum atomic E-state index is 0.556. The lowest BCUT2D eigenvalue weighted by atomic mass is 10.2. The third kappa shape index (κ3) is 0.736. The van der Waals surface area contributed by atoms with Crippen molar-refractivity contribution in [2.24, 2.45) is 0 Å². The van der Waals surface area contributed by atoms with Crippen molar-refractivity contribution in [3.63, 3.8) is 0 Å². The van der Waals surface area contributed by atoms with Crippen molar-refractivity contribution in [1.82, 2.24) is 9.55 Å². The molecule has 0 aliphatic carbocycles. The maximum atomic E-state index is 10.7. The number of carbonyl (C=O) groups excluding carboxylic acids is 1. The molecule has 3 nitrogen and oxygen atoms in total. The Balaban J connectivity index is 2.52. The van der Waals surface area contributed by atoms with Crippen LogP contribution >= 0.6 is 0 Å². The van der Waals surface area contributed by atoms with Crippen LogP contribution in [0.4, 0.5) is 0 Å². The van der Waals surface area contributed by atoms with Gasteiger partial charge in [0, 0.05) is 6.54 Å². The number of nitrogens with zero attached hydrogens (tertiary/aromatic N) is 2. The molecule has 2 aromatic rings. The summed E-state index contributed by atoms with van der Waals surface area (Å²) >= 11 is 0. The maximum Gasteiger partial charge on any atom is 0.185 e. The van der Waals surface area contributed by atoms with Crippen molar-refractivity contribution in [1.29, 1.82) is 0 Å². The van der Waals surface area contributed by atoms with E-state index in [2.05, 4.69) is 11.1 Å². The minimum absolute atomic E-state index is 0.556. The zero-order valence-corrected chi connectivity index (χ0v) is 7.03. The van der Waals surface area contributed by atoms with Gasteiger partial charge in [-0.3, -0.25) is 4.79 Å². The molecule has 0 unspecified atom stereocenters. The van der Waals surface area contributed by atoms with Crippen LogP contribution in [-0.4, -0.2) is 15.8 Å². The summed E-state index contributed by atoms with van der Waals surface area (Å²) in [6.07, 6.45) is 1.85. The first-order valence-corrected chi connectivity index (χ1v) is 4.33. The fraction of sp³-hybridized carbons (Fsp3) is 0.200. The van der Waals surface area contributed by atoms with Crippen molar-refractivity contribution in [3.8, 4) is 0 Å². The number of rotatable bonds is 1. The van der Waals surface area contributed by atoms with Crippen LogP contribution in [0.15, 0.2) is 18.2 Å². The molecule has 0 fully saturated rings. The van der Waals surface area contributed by atoms with E-state index in [9.17, 15) is 4.79 Å².